The molecule has 0 unspecified atom stereocenters. The number of imide groups is 1. The van der Waals surface area contributed by atoms with Gasteiger partial charge in [-0.1, -0.05) is 26.0 Å². The van der Waals surface area contributed by atoms with E-state index in [1.54, 1.807) is 38.1 Å². The van der Waals surface area contributed by atoms with E-state index in [2.05, 4.69) is 0 Å². The van der Waals surface area contributed by atoms with Crippen LogP contribution in [0.2, 0.25) is 0 Å². The molecule has 1 aromatic rings. The van der Waals surface area contributed by atoms with Gasteiger partial charge >= 0.3 is 5.97 Å². The summed E-state index contributed by atoms with van der Waals surface area (Å²) < 4.78 is 5.14. The van der Waals surface area contributed by atoms with Gasteiger partial charge in [0.25, 0.3) is 11.8 Å². The molecule has 0 spiro atoms. The zero-order chi connectivity index (χ0) is 17.0. The molecule has 1 aromatic carbocycles. The highest BCUT2D eigenvalue weighted by Crippen LogP contribution is 2.27. The number of nitriles is 1. The fraction of sp³-hybridized carbons (Fsp3) is 0.412. The van der Waals surface area contributed by atoms with E-state index in [-0.39, 0.29) is 18.9 Å². The van der Waals surface area contributed by atoms with Crippen LogP contribution in [0, 0.1) is 17.2 Å². The molecule has 0 bridgehead atoms. The van der Waals surface area contributed by atoms with Crippen LogP contribution >= 0.6 is 0 Å². The second-order valence-corrected chi connectivity index (χ2v) is 5.64. The molecule has 0 saturated carbocycles. The molecule has 1 aliphatic rings. The van der Waals surface area contributed by atoms with E-state index in [0.29, 0.717) is 17.5 Å². The lowest BCUT2D eigenvalue weighted by Gasteiger charge is -2.27. The molecule has 0 N–H and O–H groups in total. The first-order valence-corrected chi connectivity index (χ1v) is 7.49. The van der Waals surface area contributed by atoms with Crippen molar-refractivity contribution in [3.05, 3.63) is 35.4 Å². The Bertz CT molecular complexity index is 640. The van der Waals surface area contributed by atoms with Crippen LogP contribution in [0.4, 0.5) is 0 Å². The predicted octanol–water partition coefficient (Wildman–Crippen LogP) is 2.15. The number of nitrogens with zero attached hydrogens (tertiary/aromatic N) is 2. The summed E-state index contributed by atoms with van der Waals surface area (Å²) in [6.45, 7) is 3.61. The van der Waals surface area contributed by atoms with Crippen LogP contribution < -0.4 is 0 Å². The third kappa shape index (κ3) is 3.24. The number of hydrogen-bond acceptors (Lipinski definition) is 5. The number of esters is 1. The molecular formula is C17H18N2O4. The quantitative estimate of drug-likeness (QED) is 0.456. The molecule has 120 valence electrons. The molecule has 6 nitrogen and oxygen atoms in total. The SMILES string of the molecule is CC(C)[C@@H](C(=O)OCCCC#N)N1C(=O)c2ccccc2C1=O. The molecule has 1 atom stereocenters. The molecule has 0 aliphatic carbocycles. The van der Waals surface area contributed by atoms with Crippen molar-refractivity contribution in [1.29, 1.82) is 5.26 Å². The van der Waals surface area contributed by atoms with Gasteiger partial charge in [-0.25, -0.2) is 4.79 Å². The lowest BCUT2D eigenvalue weighted by atomic mass is 10.0. The maximum Gasteiger partial charge on any atom is 0.329 e. The standard InChI is InChI=1S/C17H18N2O4/c1-11(2)14(17(22)23-10-6-5-9-18)19-15(20)12-7-3-4-8-13(12)16(19)21/h3-4,7-8,11,14H,5-6,10H2,1-2H3/t14-/m0/s1. The molecule has 0 saturated heterocycles. The summed E-state index contributed by atoms with van der Waals surface area (Å²) in [6, 6.07) is 7.50. The molecule has 1 aliphatic heterocycles. The average molecular weight is 314 g/mol. The minimum absolute atomic E-state index is 0.0960. The lowest BCUT2D eigenvalue weighted by Crippen LogP contribution is -2.48. The Labute approximate surface area is 134 Å². The van der Waals surface area contributed by atoms with E-state index in [1.165, 1.54) is 0 Å². The molecule has 1 heterocycles. The van der Waals surface area contributed by atoms with Gasteiger partial charge in [0, 0.05) is 6.42 Å². The molecule has 0 fully saturated rings. The summed E-state index contributed by atoms with van der Waals surface area (Å²) in [5.74, 6) is -1.84. The van der Waals surface area contributed by atoms with Crippen LogP contribution in [0.5, 0.6) is 0 Å². The number of carbonyl (C=O) groups is 3. The summed E-state index contributed by atoms with van der Waals surface area (Å²) in [5.41, 5.74) is 0.612. The predicted molar refractivity (Wildman–Crippen MR) is 81.4 cm³/mol. The van der Waals surface area contributed by atoms with E-state index in [9.17, 15) is 14.4 Å². The van der Waals surface area contributed by atoms with Crippen LogP contribution in [0.25, 0.3) is 0 Å². The normalized spacial score (nSPS) is 14.6. The van der Waals surface area contributed by atoms with Gasteiger partial charge in [0.1, 0.15) is 6.04 Å². The van der Waals surface area contributed by atoms with Gasteiger partial charge in [-0.15, -0.1) is 0 Å². The number of benzene rings is 1. The van der Waals surface area contributed by atoms with E-state index in [0.717, 1.165) is 4.90 Å². The van der Waals surface area contributed by atoms with Crippen LogP contribution in [0.15, 0.2) is 24.3 Å². The average Bonchev–Trinajstić information content (AvgIpc) is 2.77. The summed E-state index contributed by atoms with van der Waals surface area (Å²) >= 11 is 0. The maximum atomic E-state index is 12.5. The number of rotatable bonds is 6. The monoisotopic (exact) mass is 314 g/mol. The molecule has 2 amide bonds. The minimum atomic E-state index is -0.968. The molecule has 0 radical (unpaired) electrons. The summed E-state index contributed by atoms with van der Waals surface area (Å²) in [6.07, 6.45) is 0.710. The highest BCUT2D eigenvalue weighted by Gasteiger charge is 2.44. The summed E-state index contributed by atoms with van der Waals surface area (Å²) in [4.78, 5) is 38.3. The Morgan fingerprint density at radius 3 is 2.26 bits per heavy atom. The van der Waals surface area contributed by atoms with Gasteiger partial charge in [0.2, 0.25) is 0 Å². The van der Waals surface area contributed by atoms with Gasteiger partial charge in [-0.2, -0.15) is 5.26 Å². The Hall–Kier alpha value is -2.68. The van der Waals surface area contributed by atoms with E-state index in [4.69, 9.17) is 10.00 Å². The first kappa shape index (κ1) is 16.7. The van der Waals surface area contributed by atoms with Crippen molar-refractivity contribution in [3.63, 3.8) is 0 Å². The zero-order valence-corrected chi connectivity index (χ0v) is 13.1. The van der Waals surface area contributed by atoms with E-state index in [1.807, 2.05) is 6.07 Å². The minimum Gasteiger partial charge on any atom is -0.464 e. The first-order chi connectivity index (χ1) is 11.0. The number of unbranched alkanes of at least 4 members (excludes halogenated alkanes) is 1. The summed E-state index contributed by atoms with van der Waals surface area (Å²) in [5, 5.41) is 8.48. The first-order valence-electron chi connectivity index (χ1n) is 7.49. The second-order valence-electron chi connectivity index (χ2n) is 5.64. The molecule has 6 heteroatoms. The van der Waals surface area contributed by atoms with Crippen molar-refractivity contribution < 1.29 is 19.1 Å². The Balaban J connectivity index is 2.19. The zero-order valence-electron chi connectivity index (χ0n) is 13.1. The topological polar surface area (TPSA) is 87.5 Å². The Morgan fingerprint density at radius 1 is 1.22 bits per heavy atom. The third-order valence-electron chi connectivity index (χ3n) is 3.65. The largest absolute Gasteiger partial charge is 0.464 e. The smallest absolute Gasteiger partial charge is 0.329 e. The van der Waals surface area contributed by atoms with Gasteiger partial charge in [-0.3, -0.25) is 14.5 Å². The van der Waals surface area contributed by atoms with Crippen LogP contribution in [0.3, 0.4) is 0 Å². The molecule has 0 aromatic heterocycles. The fourth-order valence-electron chi connectivity index (χ4n) is 2.55. The van der Waals surface area contributed by atoms with Crippen molar-refractivity contribution in [2.75, 3.05) is 6.61 Å². The number of amides is 2. The number of fused-ring (bicyclic) bond motifs is 1. The Kier molecular flexibility index (Phi) is 5.12. The Morgan fingerprint density at radius 2 is 1.78 bits per heavy atom. The molecule has 2 rings (SSSR count). The van der Waals surface area contributed by atoms with Crippen LogP contribution in [-0.2, 0) is 9.53 Å². The van der Waals surface area contributed by atoms with Gasteiger partial charge in [0.15, 0.2) is 0 Å². The number of ether oxygens (including phenoxy) is 1. The van der Waals surface area contributed by atoms with Crippen LogP contribution in [0.1, 0.15) is 47.4 Å². The van der Waals surface area contributed by atoms with Gasteiger partial charge in [-0.05, 0) is 24.5 Å². The lowest BCUT2D eigenvalue weighted by molar-refractivity contribution is -0.149. The van der Waals surface area contributed by atoms with Crippen LogP contribution in [-0.4, -0.2) is 35.3 Å². The highest BCUT2D eigenvalue weighted by molar-refractivity contribution is 6.22. The van der Waals surface area contributed by atoms with Gasteiger partial charge < -0.3 is 4.74 Å². The molecule has 23 heavy (non-hydrogen) atoms. The van der Waals surface area contributed by atoms with E-state index < -0.39 is 23.8 Å². The van der Waals surface area contributed by atoms with Crippen molar-refractivity contribution in [1.82, 2.24) is 4.90 Å². The highest BCUT2D eigenvalue weighted by atomic mass is 16.5. The van der Waals surface area contributed by atoms with E-state index >= 15 is 0 Å². The third-order valence-corrected chi connectivity index (χ3v) is 3.65. The summed E-state index contributed by atoms with van der Waals surface area (Å²) in [7, 11) is 0. The van der Waals surface area contributed by atoms with Gasteiger partial charge in [0.05, 0.1) is 23.8 Å². The van der Waals surface area contributed by atoms with Crippen molar-refractivity contribution in [3.8, 4) is 6.07 Å². The second kappa shape index (κ2) is 7.05. The number of carbonyl (C=O) groups excluding carboxylic acids is 3. The van der Waals surface area contributed by atoms with Crippen molar-refractivity contribution >= 4 is 17.8 Å². The fourth-order valence-corrected chi connectivity index (χ4v) is 2.55. The number of hydrogen-bond donors (Lipinski definition) is 0. The molecular weight excluding hydrogens is 296 g/mol. The van der Waals surface area contributed by atoms with Crippen molar-refractivity contribution in [2.45, 2.75) is 32.7 Å². The van der Waals surface area contributed by atoms with Crippen molar-refractivity contribution in [2.24, 2.45) is 5.92 Å². The maximum absolute atomic E-state index is 12.5.